The minimum absolute atomic E-state index is 0.227. The highest BCUT2D eigenvalue weighted by atomic mass is 31.0. The summed E-state index contributed by atoms with van der Waals surface area (Å²) in [5.74, 6) is -0.227. The van der Waals surface area contributed by atoms with E-state index in [1.165, 1.54) is 0 Å². The van der Waals surface area contributed by atoms with Crippen molar-refractivity contribution >= 4 is 15.4 Å². The van der Waals surface area contributed by atoms with Crippen LogP contribution in [0.4, 0.5) is 0 Å². The molecule has 3 heteroatoms. The van der Waals surface area contributed by atoms with Gasteiger partial charge in [0.2, 0.25) is 0 Å². The summed E-state index contributed by atoms with van der Waals surface area (Å²) in [5.41, 5.74) is 2.14. The molecule has 0 spiro atoms. The fourth-order valence-electron chi connectivity index (χ4n) is 1.01. The second kappa shape index (κ2) is 4.22. The fraction of sp³-hybridized carbons (Fsp3) is 0.222. The Morgan fingerprint density at radius 3 is 2.75 bits per heavy atom. The molecule has 0 N–H and O–H groups in total. The van der Waals surface area contributed by atoms with Crippen molar-refractivity contribution in [3.05, 3.63) is 35.4 Å². The first kappa shape index (κ1) is 9.21. The van der Waals surface area contributed by atoms with Gasteiger partial charge in [0.1, 0.15) is 0 Å². The van der Waals surface area contributed by atoms with Gasteiger partial charge in [0.05, 0.1) is 15.9 Å². The second-order valence-corrected chi connectivity index (χ2v) is 2.83. The van der Waals surface area contributed by atoms with Crippen LogP contribution in [0.15, 0.2) is 24.3 Å². The highest BCUT2D eigenvalue weighted by molar-refractivity contribution is 7.10. The highest BCUT2D eigenvalue weighted by Gasteiger charge is 2.03. The van der Waals surface area contributed by atoms with Crippen molar-refractivity contribution in [3.8, 4) is 0 Å². The predicted molar refractivity (Wildman–Crippen MR) is 50.7 cm³/mol. The van der Waals surface area contributed by atoms with Gasteiger partial charge in [-0.3, -0.25) is 4.79 Å². The maximum Gasteiger partial charge on any atom is 0.312 e. The van der Waals surface area contributed by atoms with Crippen LogP contribution in [0.2, 0.25) is 0 Å². The van der Waals surface area contributed by atoms with Gasteiger partial charge in [-0.25, -0.2) is 0 Å². The molecular weight excluding hydrogens is 171 g/mol. The van der Waals surface area contributed by atoms with Crippen LogP contribution >= 0.6 is 9.47 Å². The molecule has 0 amide bonds. The molecule has 0 bridgehead atoms. The molecule has 1 aromatic rings. The van der Waals surface area contributed by atoms with Crippen LogP contribution in [0.25, 0.3) is 0 Å². The molecule has 0 fully saturated rings. The van der Waals surface area contributed by atoms with Crippen molar-refractivity contribution in [2.75, 3.05) is 0 Å². The van der Waals surface area contributed by atoms with E-state index in [2.05, 4.69) is 4.52 Å². The van der Waals surface area contributed by atoms with Crippen molar-refractivity contribution in [2.45, 2.75) is 13.3 Å². The SMILES string of the molecule is Cc1ccccc1CC(=O)OP. The lowest BCUT2D eigenvalue weighted by atomic mass is 10.1. The minimum atomic E-state index is -0.227. The lowest BCUT2D eigenvalue weighted by Crippen LogP contribution is -2.02. The number of carbonyl (C=O) groups excluding carboxylic acids is 1. The van der Waals surface area contributed by atoms with E-state index in [9.17, 15) is 4.79 Å². The molecular formula is C9H11O2P. The van der Waals surface area contributed by atoms with Gasteiger partial charge in [-0.15, -0.1) is 0 Å². The quantitative estimate of drug-likeness (QED) is 0.652. The average molecular weight is 182 g/mol. The number of carbonyl (C=O) groups is 1. The van der Waals surface area contributed by atoms with Crippen LogP contribution in [0, 0.1) is 6.92 Å². The van der Waals surface area contributed by atoms with Crippen LogP contribution in [-0.2, 0) is 15.7 Å². The average Bonchev–Trinajstić information content (AvgIpc) is 2.09. The zero-order valence-electron chi connectivity index (χ0n) is 6.91. The third-order valence-corrected chi connectivity index (χ3v) is 1.99. The van der Waals surface area contributed by atoms with Gasteiger partial charge in [0.25, 0.3) is 0 Å². The molecule has 0 radical (unpaired) electrons. The molecule has 1 unspecified atom stereocenters. The summed E-state index contributed by atoms with van der Waals surface area (Å²) in [7, 11) is 1.96. The van der Waals surface area contributed by atoms with Gasteiger partial charge in [-0.1, -0.05) is 24.3 Å². The largest absolute Gasteiger partial charge is 0.451 e. The lowest BCUT2D eigenvalue weighted by molar-refractivity contribution is -0.132. The monoisotopic (exact) mass is 182 g/mol. The van der Waals surface area contributed by atoms with E-state index < -0.39 is 0 Å². The van der Waals surface area contributed by atoms with Gasteiger partial charge in [0, 0.05) is 0 Å². The Morgan fingerprint density at radius 2 is 2.17 bits per heavy atom. The molecule has 0 heterocycles. The molecule has 0 aromatic heterocycles. The Balaban J connectivity index is 2.75. The summed E-state index contributed by atoms with van der Waals surface area (Å²) < 4.78 is 4.49. The van der Waals surface area contributed by atoms with Crippen LogP contribution in [0.5, 0.6) is 0 Å². The van der Waals surface area contributed by atoms with E-state index in [4.69, 9.17) is 0 Å². The van der Waals surface area contributed by atoms with E-state index in [1.54, 1.807) is 0 Å². The van der Waals surface area contributed by atoms with Crippen LogP contribution < -0.4 is 0 Å². The van der Waals surface area contributed by atoms with Crippen molar-refractivity contribution in [1.29, 1.82) is 0 Å². The number of rotatable bonds is 2. The molecule has 0 aliphatic heterocycles. The number of hydrogen-bond acceptors (Lipinski definition) is 2. The molecule has 0 saturated heterocycles. The second-order valence-electron chi connectivity index (χ2n) is 2.59. The Hall–Kier alpha value is -0.880. The molecule has 0 saturated carbocycles. The van der Waals surface area contributed by atoms with Gasteiger partial charge in [-0.2, -0.15) is 0 Å². The first-order chi connectivity index (χ1) is 5.74. The summed E-state index contributed by atoms with van der Waals surface area (Å²) in [6, 6.07) is 7.77. The Kier molecular flexibility index (Phi) is 3.24. The number of hydrogen-bond donors (Lipinski definition) is 0. The summed E-state index contributed by atoms with van der Waals surface area (Å²) >= 11 is 0. The summed E-state index contributed by atoms with van der Waals surface area (Å²) in [4.78, 5) is 10.9. The first-order valence-corrected chi connectivity index (χ1v) is 4.15. The van der Waals surface area contributed by atoms with Crippen LogP contribution in [-0.4, -0.2) is 5.97 Å². The van der Waals surface area contributed by atoms with E-state index in [0.29, 0.717) is 6.42 Å². The maximum absolute atomic E-state index is 10.9. The zero-order valence-corrected chi connectivity index (χ0v) is 8.07. The van der Waals surface area contributed by atoms with E-state index in [0.717, 1.165) is 11.1 Å². The Bertz CT molecular complexity index is 284. The van der Waals surface area contributed by atoms with Gasteiger partial charge in [-0.05, 0) is 18.1 Å². The molecule has 1 aromatic carbocycles. The number of aryl methyl sites for hydroxylation is 1. The Morgan fingerprint density at radius 1 is 1.50 bits per heavy atom. The molecule has 0 aliphatic rings. The Labute approximate surface area is 74.2 Å². The normalized spacial score (nSPS) is 9.50. The standard InChI is InChI=1S/C9H11O2P/c1-7-4-2-3-5-8(7)6-9(10)11-12/h2-5H,6,12H2,1H3. The first-order valence-electron chi connectivity index (χ1n) is 3.68. The van der Waals surface area contributed by atoms with Crippen molar-refractivity contribution in [3.63, 3.8) is 0 Å². The van der Waals surface area contributed by atoms with Gasteiger partial charge >= 0.3 is 5.97 Å². The topological polar surface area (TPSA) is 26.3 Å². The summed E-state index contributed by atoms with van der Waals surface area (Å²) in [6.45, 7) is 1.98. The molecule has 2 nitrogen and oxygen atoms in total. The van der Waals surface area contributed by atoms with Crippen molar-refractivity contribution in [2.24, 2.45) is 0 Å². The van der Waals surface area contributed by atoms with E-state index in [1.807, 2.05) is 40.7 Å². The van der Waals surface area contributed by atoms with Crippen molar-refractivity contribution in [1.82, 2.24) is 0 Å². The molecule has 64 valence electrons. The van der Waals surface area contributed by atoms with Gasteiger partial charge < -0.3 is 4.52 Å². The van der Waals surface area contributed by atoms with E-state index >= 15 is 0 Å². The third-order valence-electron chi connectivity index (χ3n) is 1.73. The third kappa shape index (κ3) is 2.31. The minimum Gasteiger partial charge on any atom is -0.451 e. The van der Waals surface area contributed by atoms with Gasteiger partial charge in [0.15, 0.2) is 0 Å². The van der Waals surface area contributed by atoms with Crippen LogP contribution in [0.3, 0.4) is 0 Å². The molecule has 1 atom stereocenters. The van der Waals surface area contributed by atoms with Crippen LogP contribution in [0.1, 0.15) is 11.1 Å². The van der Waals surface area contributed by atoms with E-state index in [-0.39, 0.29) is 5.97 Å². The number of benzene rings is 1. The predicted octanol–water partition coefficient (Wildman–Crippen LogP) is 1.87. The molecule has 12 heavy (non-hydrogen) atoms. The smallest absolute Gasteiger partial charge is 0.312 e. The molecule has 1 rings (SSSR count). The summed E-state index contributed by atoms with van der Waals surface area (Å²) in [6.07, 6.45) is 0.343. The summed E-state index contributed by atoms with van der Waals surface area (Å²) in [5, 5.41) is 0. The van der Waals surface area contributed by atoms with Crippen molar-refractivity contribution < 1.29 is 9.32 Å². The fourth-order valence-corrected chi connectivity index (χ4v) is 1.09. The lowest BCUT2D eigenvalue weighted by Gasteiger charge is -2.02. The maximum atomic E-state index is 10.9. The molecule has 0 aliphatic carbocycles. The zero-order chi connectivity index (χ0) is 8.97. The highest BCUT2D eigenvalue weighted by Crippen LogP contribution is 2.08.